The van der Waals surface area contributed by atoms with Gasteiger partial charge >= 0.3 is 0 Å². The Kier molecular flexibility index (Phi) is 3.71. The second-order valence-electron chi connectivity index (χ2n) is 5.95. The number of ether oxygens (including phenoxy) is 1. The molecule has 0 aliphatic carbocycles. The van der Waals surface area contributed by atoms with Crippen LogP contribution >= 0.6 is 0 Å². The Bertz CT molecular complexity index is 1090. The van der Waals surface area contributed by atoms with Crippen molar-refractivity contribution >= 4 is 20.9 Å². The molecule has 0 spiro atoms. The van der Waals surface area contributed by atoms with Gasteiger partial charge in [-0.15, -0.1) is 0 Å². The SMILES string of the molecule is NS(=O)(=O)c1ccc(-c2nn(C3CCOC3)c3cc[nH]c(=O)c23)cc1. The van der Waals surface area contributed by atoms with Crippen LogP contribution in [0.15, 0.2) is 46.2 Å². The van der Waals surface area contributed by atoms with Crippen LogP contribution < -0.4 is 10.7 Å². The molecule has 1 saturated heterocycles. The molecule has 25 heavy (non-hydrogen) atoms. The van der Waals surface area contributed by atoms with Gasteiger partial charge in [0.1, 0.15) is 5.69 Å². The maximum atomic E-state index is 12.4. The average Bonchev–Trinajstić information content (AvgIpc) is 3.22. The maximum absolute atomic E-state index is 12.4. The van der Waals surface area contributed by atoms with E-state index in [1.807, 2.05) is 10.7 Å². The summed E-state index contributed by atoms with van der Waals surface area (Å²) in [6.07, 6.45) is 2.42. The van der Waals surface area contributed by atoms with Gasteiger partial charge in [-0.25, -0.2) is 13.6 Å². The summed E-state index contributed by atoms with van der Waals surface area (Å²) in [4.78, 5) is 15.1. The van der Waals surface area contributed by atoms with Gasteiger partial charge in [0, 0.05) is 18.4 Å². The van der Waals surface area contributed by atoms with Crippen molar-refractivity contribution in [3.63, 3.8) is 0 Å². The number of benzene rings is 1. The van der Waals surface area contributed by atoms with Gasteiger partial charge in [-0.05, 0) is 24.6 Å². The molecule has 0 bridgehead atoms. The Balaban J connectivity index is 1.91. The highest BCUT2D eigenvalue weighted by atomic mass is 32.2. The van der Waals surface area contributed by atoms with E-state index < -0.39 is 10.0 Å². The van der Waals surface area contributed by atoms with Gasteiger partial charge in [-0.2, -0.15) is 5.10 Å². The number of nitrogens with one attached hydrogen (secondary N) is 1. The number of hydrogen-bond donors (Lipinski definition) is 2. The number of nitrogens with two attached hydrogens (primary N) is 1. The third-order valence-corrected chi connectivity index (χ3v) is 5.27. The number of nitrogens with zero attached hydrogens (tertiary/aromatic N) is 2. The van der Waals surface area contributed by atoms with Crippen LogP contribution in [-0.2, 0) is 14.8 Å². The van der Waals surface area contributed by atoms with Gasteiger partial charge in [0.15, 0.2) is 0 Å². The molecule has 1 aromatic carbocycles. The fourth-order valence-corrected chi connectivity index (χ4v) is 3.61. The van der Waals surface area contributed by atoms with Crippen molar-refractivity contribution < 1.29 is 13.2 Å². The molecule has 130 valence electrons. The number of primary sulfonamides is 1. The monoisotopic (exact) mass is 360 g/mol. The van der Waals surface area contributed by atoms with Gasteiger partial charge in [0.2, 0.25) is 10.0 Å². The summed E-state index contributed by atoms with van der Waals surface area (Å²) in [7, 11) is -3.77. The smallest absolute Gasteiger partial charge is 0.259 e. The van der Waals surface area contributed by atoms with E-state index in [4.69, 9.17) is 9.88 Å². The lowest BCUT2D eigenvalue weighted by molar-refractivity contribution is 0.185. The predicted molar refractivity (Wildman–Crippen MR) is 91.6 cm³/mol. The molecule has 9 heteroatoms. The molecule has 4 rings (SSSR count). The number of fused-ring (bicyclic) bond motifs is 1. The van der Waals surface area contributed by atoms with E-state index in [1.165, 1.54) is 12.1 Å². The highest BCUT2D eigenvalue weighted by Crippen LogP contribution is 2.30. The van der Waals surface area contributed by atoms with E-state index in [1.54, 1.807) is 18.3 Å². The highest BCUT2D eigenvalue weighted by Gasteiger charge is 2.24. The predicted octanol–water partition coefficient (Wildman–Crippen LogP) is 1.00. The molecule has 0 amide bonds. The van der Waals surface area contributed by atoms with E-state index in [0.717, 1.165) is 11.9 Å². The molecule has 2 aromatic heterocycles. The summed E-state index contributed by atoms with van der Waals surface area (Å²) in [6.45, 7) is 1.21. The topological polar surface area (TPSA) is 120 Å². The summed E-state index contributed by atoms with van der Waals surface area (Å²) in [6, 6.07) is 7.90. The number of rotatable bonds is 3. The molecule has 1 atom stereocenters. The normalized spacial score (nSPS) is 18.0. The van der Waals surface area contributed by atoms with E-state index in [0.29, 0.717) is 29.9 Å². The van der Waals surface area contributed by atoms with Crippen molar-refractivity contribution in [1.29, 1.82) is 0 Å². The third kappa shape index (κ3) is 2.76. The van der Waals surface area contributed by atoms with E-state index in [2.05, 4.69) is 10.1 Å². The van der Waals surface area contributed by atoms with E-state index in [-0.39, 0.29) is 16.5 Å². The first-order valence-corrected chi connectivity index (χ1v) is 9.30. The van der Waals surface area contributed by atoms with Crippen molar-refractivity contribution in [1.82, 2.24) is 14.8 Å². The van der Waals surface area contributed by atoms with Crippen LogP contribution in [0.5, 0.6) is 0 Å². The maximum Gasteiger partial charge on any atom is 0.259 e. The number of pyridine rings is 1. The molecule has 3 heterocycles. The molecule has 1 fully saturated rings. The molecule has 8 nitrogen and oxygen atoms in total. The van der Waals surface area contributed by atoms with Crippen LogP contribution in [0.25, 0.3) is 22.2 Å². The van der Waals surface area contributed by atoms with Crippen LogP contribution in [0.1, 0.15) is 12.5 Å². The Hall–Kier alpha value is -2.49. The van der Waals surface area contributed by atoms with Gasteiger partial charge in [-0.1, -0.05) is 12.1 Å². The highest BCUT2D eigenvalue weighted by molar-refractivity contribution is 7.89. The van der Waals surface area contributed by atoms with E-state index >= 15 is 0 Å². The van der Waals surface area contributed by atoms with Crippen LogP contribution in [0.4, 0.5) is 0 Å². The van der Waals surface area contributed by atoms with Crippen molar-refractivity contribution in [3.05, 3.63) is 46.9 Å². The summed E-state index contributed by atoms with van der Waals surface area (Å²) in [5.41, 5.74) is 1.63. The summed E-state index contributed by atoms with van der Waals surface area (Å²) >= 11 is 0. The van der Waals surface area contributed by atoms with Crippen LogP contribution in [0.2, 0.25) is 0 Å². The summed E-state index contributed by atoms with van der Waals surface area (Å²) in [5, 5.41) is 10.2. The Labute approximate surface area is 143 Å². The zero-order chi connectivity index (χ0) is 17.6. The first-order chi connectivity index (χ1) is 11.9. The van der Waals surface area contributed by atoms with Crippen molar-refractivity contribution in [3.8, 4) is 11.3 Å². The zero-order valence-corrected chi connectivity index (χ0v) is 14.0. The fourth-order valence-electron chi connectivity index (χ4n) is 3.10. The Morgan fingerprint density at radius 3 is 2.64 bits per heavy atom. The van der Waals surface area contributed by atoms with Gasteiger partial charge in [0.05, 0.1) is 28.4 Å². The minimum atomic E-state index is -3.77. The largest absolute Gasteiger partial charge is 0.379 e. The molecule has 3 N–H and O–H groups in total. The molecule has 1 unspecified atom stereocenters. The molecule has 0 saturated carbocycles. The van der Waals surface area contributed by atoms with Gasteiger partial charge in [0.25, 0.3) is 5.56 Å². The first kappa shape index (κ1) is 16.0. The number of sulfonamides is 1. The molecule has 1 aliphatic rings. The Morgan fingerprint density at radius 1 is 1.24 bits per heavy atom. The van der Waals surface area contributed by atoms with Crippen LogP contribution in [-0.4, -0.2) is 36.4 Å². The zero-order valence-electron chi connectivity index (χ0n) is 13.2. The van der Waals surface area contributed by atoms with Gasteiger partial charge in [-0.3, -0.25) is 9.48 Å². The minimum Gasteiger partial charge on any atom is -0.379 e. The number of aromatic nitrogens is 3. The summed E-state index contributed by atoms with van der Waals surface area (Å²) in [5.74, 6) is 0. The minimum absolute atomic E-state index is 0.0121. The van der Waals surface area contributed by atoms with Crippen LogP contribution in [0.3, 0.4) is 0 Å². The van der Waals surface area contributed by atoms with Crippen molar-refractivity contribution in [2.75, 3.05) is 13.2 Å². The number of hydrogen-bond acceptors (Lipinski definition) is 5. The Morgan fingerprint density at radius 2 is 2.00 bits per heavy atom. The fraction of sp³-hybridized carbons (Fsp3) is 0.250. The lowest BCUT2D eigenvalue weighted by atomic mass is 10.1. The first-order valence-electron chi connectivity index (χ1n) is 7.76. The molecular weight excluding hydrogens is 344 g/mol. The van der Waals surface area contributed by atoms with Crippen molar-refractivity contribution in [2.45, 2.75) is 17.4 Å². The second kappa shape index (κ2) is 5.80. The lowest BCUT2D eigenvalue weighted by Gasteiger charge is -2.09. The molecule has 3 aromatic rings. The standard InChI is InChI=1S/C16H16N4O4S/c17-25(22,23)12-3-1-10(2-4-12)15-14-13(5-7-18-16(14)21)20(19-15)11-6-8-24-9-11/h1-5,7,11H,6,8-9H2,(H,18,21)(H2,17,22,23). The third-order valence-electron chi connectivity index (χ3n) is 4.34. The molecule has 1 aliphatic heterocycles. The number of H-pyrrole nitrogens is 1. The van der Waals surface area contributed by atoms with E-state index in [9.17, 15) is 13.2 Å². The molecular formula is C16H16N4O4S. The second-order valence-corrected chi connectivity index (χ2v) is 7.51. The quantitative estimate of drug-likeness (QED) is 0.722. The summed E-state index contributed by atoms with van der Waals surface area (Å²) < 4.78 is 30.1. The van der Waals surface area contributed by atoms with Crippen LogP contribution in [0, 0.1) is 0 Å². The molecule has 0 radical (unpaired) electrons. The van der Waals surface area contributed by atoms with Gasteiger partial charge < -0.3 is 9.72 Å². The average molecular weight is 360 g/mol. The van der Waals surface area contributed by atoms with Crippen molar-refractivity contribution in [2.24, 2.45) is 5.14 Å². The lowest BCUT2D eigenvalue weighted by Crippen LogP contribution is -2.11. The number of aromatic amines is 1.